The second-order valence-electron chi connectivity index (χ2n) is 5.36. The van der Waals surface area contributed by atoms with Crippen LogP contribution in [-0.2, 0) is 0 Å². The standard InChI is InChI=1S/C12H27N/c1-7-13(8-2)10-11(3)9-12(4,5)6/h11H,7-10H2,1-6H3. The van der Waals surface area contributed by atoms with Crippen LogP contribution in [0, 0.1) is 11.3 Å². The summed E-state index contributed by atoms with van der Waals surface area (Å²) in [5.41, 5.74) is 0.479. The van der Waals surface area contributed by atoms with Crippen LogP contribution >= 0.6 is 0 Å². The molecule has 0 aliphatic carbocycles. The van der Waals surface area contributed by atoms with Gasteiger partial charge in [-0.05, 0) is 30.8 Å². The van der Waals surface area contributed by atoms with E-state index in [4.69, 9.17) is 0 Å². The van der Waals surface area contributed by atoms with Gasteiger partial charge in [-0.15, -0.1) is 0 Å². The van der Waals surface area contributed by atoms with Crippen LogP contribution < -0.4 is 0 Å². The van der Waals surface area contributed by atoms with E-state index in [-0.39, 0.29) is 0 Å². The zero-order valence-electron chi connectivity index (χ0n) is 10.4. The molecule has 0 rings (SSSR count). The molecular weight excluding hydrogens is 158 g/mol. The molecule has 0 aromatic rings. The predicted octanol–water partition coefficient (Wildman–Crippen LogP) is 3.40. The Morgan fingerprint density at radius 3 is 1.85 bits per heavy atom. The third-order valence-corrected chi connectivity index (χ3v) is 2.43. The lowest BCUT2D eigenvalue weighted by Crippen LogP contribution is -2.29. The monoisotopic (exact) mass is 185 g/mol. The van der Waals surface area contributed by atoms with E-state index in [0.29, 0.717) is 5.41 Å². The van der Waals surface area contributed by atoms with Crippen LogP contribution in [0.1, 0.15) is 48.0 Å². The van der Waals surface area contributed by atoms with Crippen molar-refractivity contribution in [3.63, 3.8) is 0 Å². The maximum Gasteiger partial charge on any atom is 0.000699 e. The fourth-order valence-electron chi connectivity index (χ4n) is 2.03. The molecule has 0 aliphatic heterocycles. The molecule has 1 nitrogen and oxygen atoms in total. The molecule has 0 aromatic carbocycles. The van der Waals surface area contributed by atoms with Crippen molar-refractivity contribution >= 4 is 0 Å². The molecule has 13 heavy (non-hydrogen) atoms. The first-order valence-corrected chi connectivity index (χ1v) is 5.61. The van der Waals surface area contributed by atoms with Crippen LogP contribution in [0.4, 0.5) is 0 Å². The summed E-state index contributed by atoms with van der Waals surface area (Å²) < 4.78 is 0. The van der Waals surface area contributed by atoms with Gasteiger partial charge in [0.05, 0.1) is 0 Å². The van der Waals surface area contributed by atoms with Gasteiger partial charge < -0.3 is 4.90 Å². The van der Waals surface area contributed by atoms with Gasteiger partial charge in [-0.2, -0.15) is 0 Å². The van der Waals surface area contributed by atoms with Crippen molar-refractivity contribution in [1.82, 2.24) is 4.90 Å². The maximum absolute atomic E-state index is 2.51. The first kappa shape index (κ1) is 13.0. The first-order valence-electron chi connectivity index (χ1n) is 5.61. The Kier molecular flexibility index (Phi) is 5.62. The van der Waals surface area contributed by atoms with Crippen molar-refractivity contribution in [3.8, 4) is 0 Å². The molecule has 0 N–H and O–H groups in total. The summed E-state index contributed by atoms with van der Waals surface area (Å²) in [6.45, 7) is 17.5. The summed E-state index contributed by atoms with van der Waals surface area (Å²) in [6, 6.07) is 0. The van der Waals surface area contributed by atoms with Gasteiger partial charge >= 0.3 is 0 Å². The Bertz CT molecular complexity index is 120. The Morgan fingerprint density at radius 1 is 1.08 bits per heavy atom. The highest BCUT2D eigenvalue weighted by atomic mass is 15.1. The van der Waals surface area contributed by atoms with Gasteiger partial charge in [0.15, 0.2) is 0 Å². The molecule has 0 bridgehead atoms. The van der Waals surface area contributed by atoms with Crippen molar-refractivity contribution in [2.24, 2.45) is 11.3 Å². The van der Waals surface area contributed by atoms with Crippen molar-refractivity contribution in [2.75, 3.05) is 19.6 Å². The van der Waals surface area contributed by atoms with Crippen LogP contribution in [0.15, 0.2) is 0 Å². The van der Waals surface area contributed by atoms with Gasteiger partial charge in [0, 0.05) is 6.54 Å². The molecule has 1 atom stereocenters. The summed E-state index contributed by atoms with van der Waals surface area (Å²) >= 11 is 0. The second-order valence-corrected chi connectivity index (χ2v) is 5.36. The third-order valence-electron chi connectivity index (χ3n) is 2.43. The van der Waals surface area contributed by atoms with E-state index in [0.717, 1.165) is 5.92 Å². The van der Waals surface area contributed by atoms with E-state index in [1.165, 1.54) is 26.1 Å². The molecule has 0 amide bonds. The van der Waals surface area contributed by atoms with Crippen molar-refractivity contribution in [3.05, 3.63) is 0 Å². The minimum atomic E-state index is 0.479. The highest BCUT2D eigenvalue weighted by Gasteiger charge is 2.16. The fraction of sp³-hybridized carbons (Fsp3) is 1.00. The highest BCUT2D eigenvalue weighted by molar-refractivity contribution is 4.68. The molecule has 0 spiro atoms. The average molecular weight is 185 g/mol. The molecule has 0 saturated heterocycles. The lowest BCUT2D eigenvalue weighted by atomic mass is 9.85. The van der Waals surface area contributed by atoms with Crippen LogP contribution in [0.5, 0.6) is 0 Å². The zero-order valence-corrected chi connectivity index (χ0v) is 10.4. The van der Waals surface area contributed by atoms with Crippen LogP contribution in [0.2, 0.25) is 0 Å². The summed E-state index contributed by atoms with van der Waals surface area (Å²) in [5, 5.41) is 0. The minimum Gasteiger partial charge on any atom is -0.304 e. The quantitative estimate of drug-likeness (QED) is 0.634. The molecule has 1 heteroatoms. The average Bonchev–Trinajstić information content (AvgIpc) is 1.96. The molecule has 0 fully saturated rings. The Hall–Kier alpha value is -0.0400. The Balaban J connectivity index is 3.79. The highest BCUT2D eigenvalue weighted by Crippen LogP contribution is 2.24. The number of hydrogen-bond acceptors (Lipinski definition) is 1. The number of nitrogens with zero attached hydrogens (tertiary/aromatic N) is 1. The largest absolute Gasteiger partial charge is 0.304 e. The summed E-state index contributed by atoms with van der Waals surface area (Å²) in [6.07, 6.45) is 1.32. The van der Waals surface area contributed by atoms with Gasteiger partial charge in [0.1, 0.15) is 0 Å². The number of rotatable bonds is 5. The van der Waals surface area contributed by atoms with Crippen molar-refractivity contribution in [2.45, 2.75) is 48.0 Å². The van der Waals surface area contributed by atoms with Crippen LogP contribution in [0.25, 0.3) is 0 Å². The van der Waals surface area contributed by atoms with E-state index < -0.39 is 0 Å². The SMILES string of the molecule is CCN(CC)CC(C)CC(C)(C)C. The van der Waals surface area contributed by atoms with Gasteiger partial charge in [0.2, 0.25) is 0 Å². The number of hydrogen-bond donors (Lipinski definition) is 0. The molecule has 0 radical (unpaired) electrons. The Morgan fingerprint density at radius 2 is 1.54 bits per heavy atom. The van der Waals surface area contributed by atoms with E-state index in [2.05, 4.69) is 46.4 Å². The first-order chi connectivity index (χ1) is 5.89. The molecule has 0 aliphatic rings. The van der Waals surface area contributed by atoms with E-state index >= 15 is 0 Å². The smallest absolute Gasteiger partial charge is 0.000699 e. The summed E-state index contributed by atoms with van der Waals surface area (Å²) in [7, 11) is 0. The maximum atomic E-state index is 2.51. The fourth-order valence-corrected chi connectivity index (χ4v) is 2.03. The molecule has 0 saturated carbocycles. The normalized spacial score (nSPS) is 15.0. The predicted molar refractivity (Wildman–Crippen MR) is 61.0 cm³/mol. The van der Waals surface area contributed by atoms with Crippen molar-refractivity contribution < 1.29 is 0 Å². The topological polar surface area (TPSA) is 3.24 Å². The van der Waals surface area contributed by atoms with Gasteiger partial charge in [-0.3, -0.25) is 0 Å². The van der Waals surface area contributed by atoms with E-state index in [1.807, 2.05) is 0 Å². The molecule has 0 heterocycles. The van der Waals surface area contributed by atoms with E-state index in [1.54, 1.807) is 0 Å². The molecule has 1 unspecified atom stereocenters. The van der Waals surface area contributed by atoms with Crippen LogP contribution in [-0.4, -0.2) is 24.5 Å². The lowest BCUT2D eigenvalue weighted by molar-refractivity contribution is 0.214. The van der Waals surface area contributed by atoms with Gasteiger partial charge in [-0.1, -0.05) is 41.5 Å². The summed E-state index contributed by atoms with van der Waals surface area (Å²) in [4.78, 5) is 2.51. The zero-order chi connectivity index (χ0) is 10.5. The van der Waals surface area contributed by atoms with E-state index in [9.17, 15) is 0 Å². The molecular formula is C12H27N. The van der Waals surface area contributed by atoms with Gasteiger partial charge in [0.25, 0.3) is 0 Å². The summed E-state index contributed by atoms with van der Waals surface area (Å²) in [5.74, 6) is 0.819. The van der Waals surface area contributed by atoms with Crippen molar-refractivity contribution in [1.29, 1.82) is 0 Å². The Labute approximate surface area is 84.5 Å². The molecule has 0 aromatic heterocycles. The third kappa shape index (κ3) is 7.06. The molecule has 80 valence electrons. The minimum absolute atomic E-state index is 0.479. The van der Waals surface area contributed by atoms with Crippen LogP contribution in [0.3, 0.4) is 0 Å². The second kappa shape index (κ2) is 5.64. The lowest BCUT2D eigenvalue weighted by Gasteiger charge is -2.27. The van der Waals surface area contributed by atoms with Gasteiger partial charge in [-0.25, -0.2) is 0 Å².